The van der Waals surface area contributed by atoms with Crippen LogP contribution in [0.4, 0.5) is 5.69 Å². The average Bonchev–Trinajstić information content (AvgIpc) is 2.52. The molecular formula is C16H10BrNO5. The van der Waals surface area contributed by atoms with Crippen LogP contribution in [0.3, 0.4) is 0 Å². The van der Waals surface area contributed by atoms with Crippen molar-refractivity contribution in [3.8, 4) is 5.75 Å². The fourth-order valence-electron chi connectivity index (χ4n) is 2.17. The molecule has 6 nitrogen and oxygen atoms in total. The molecule has 0 aliphatic carbocycles. The van der Waals surface area contributed by atoms with Crippen LogP contribution in [0, 0.1) is 10.1 Å². The quantitative estimate of drug-likeness (QED) is 0.390. The van der Waals surface area contributed by atoms with Crippen molar-refractivity contribution in [2.75, 3.05) is 0 Å². The van der Waals surface area contributed by atoms with Gasteiger partial charge in [-0.2, -0.15) is 0 Å². The minimum absolute atomic E-state index is 0.0520. The molecule has 0 saturated carbocycles. The van der Waals surface area contributed by atoms with Gasteiger partial charge in [0.05, 0.1) is 11.0 Å². The SMILES string of the molecule is O=c1cc(COc2cccc([N+](=O)[O-])c2)c2ccc(Br)cc2o1. The Hall–Kier alpha value is -2.67. The largest absolute Gasteiger partial charge is 0.489 e. The number of nitro benzene ring substituents is 1. The second kappa shape index (κ2) is 6.21. The molecular weight excluding hydrogens is 366 g/mol. The van der Waals surface area contributed by atoms with E-state index in [0.717, 1.165) is 9.86 Å². The van der Waals surface area contributed by atoms with Crippen molar-refractivity contribution in [3.05, 3.63) is 79.1 Å². The smallest absolute Gasteiger partial charge is 0.336 e. The third-order valence-electron chi connectivity index (χ3n) is 3.22. The zero-order valence-corrected chi connectivity index (χ0v) is 13.3. The van der Waals surface area contributed by atoms with Crippen molar-refractivity contribution in [2.24, 2.45) is 0 Å². The Morgan fingerprint density at radius 3 is 2.78 bits per heavy atom. The zero-order chi connectivity index (χ0) is 16.4. The zero-order valence-electron chi connectivity index (χ0n) is 11.7. The van der Waals surface area contributed by atoms with Gasteiger partial charge >= 0.3 is 5.63 Å². The van der Waals surface area contributed by atoms with Gasteiger partial charge in [0.25, 0.3) is 5.69 Å². The van der Waals surface area contributed by atoms with Gasteiger partial charge in [0.15, 0.2) is 0 Å². The fraction of sp³-hybridized carbons (Fsp3) is 0.0625. The van der Waals surface area contributed by atoms with E-state index in [9.17, 15) is 14.9 Å². The number of ether oxygens (including phenoxy) is 1. The summed E-state index contributed by atoms with van der Waals surface area (Å²) in [6.07, 6.45) is 0. The van der Waals surface area contributed by atoms with E-state index in [1.165, 1.54) is 18.2 Å². The Morgan fingerprint density at radius 2 is 2.00 bits per heavy atom. The number of non-ortho nitro benzene ring substituents is 1. The molecule has 0 fully saturated rings. The summed E-state index contributed by atoms with van der Waals surface area (Å²) >= 11 is 3.32. The van der Waals surface area contributed by atoms with Crippen LogP contribution in [-0.4, -0.2) is 4.92 Å². The number of nitro groups is 1. The van der Waals surface area contributed by atoms with Gasteiger partial charge in [-0.05, 0) is 24.3 Å². The summed E-state index contributed by atoms with van der Waals surface area (Å²) in [6, 6.07) is 12.6. The lowest BCUT2D eigenvalue weighted by atomic mass is 10.1. The second-order valence-electron chi connectivity index (χ2n) is 4.77. The molecule has 1 aromatic heterocycles. The van der Waals surface area contributed by atoms with Crippen LogP contribution in [0.2, 0.25) is 0 Å². The average molecular weight is 376 g/mol. The maximum atomic E-state index is 11.6. The maximum Gasteiger partial charge on any atom is 0.336 e. The van der Waals surface area contributed by atoms with Gasteiger partial charge in [0, 0.05) is 27.6 Å². The van der Waals surface area contributed by atoms with Gasteiger partial charge in [-0.3, -0.25) is 10.1 Å². The Morgan fingerprint density at radius 1 is 1.17 bits per heavy atom. The Bertz CT molecular complexity index is 951. The molecule has 0 N–H and O–H groups in total. The van der Waals surface area contributed by atoms with Crippen LogP contribution in [0.5, 0.6) is 5.75 Å². The van der Waals surface area contributed by atoms with Crippen molar-refractivity contribution in [1.29, 1.82) is 0 Å². The Kier molecular flexibility index (Phi) is 4.12. The van der Waals surface area contributed by atoms with Gasteiger partial charge in [0.1, 0.15) is 17.9 Å². The number of halogens is 1. The number of fused-ring (bicyclic) bond motifs is 1. The molecule has 0 atom stereocenters. The predicted molar refractivity (Wildman–Crippen MR) is 87.6 cm³/mol. The highest BCUT2D eigenvalue weighted by Gasteiger charge is 2.09. The first kappa shape index (κ1) is 15.2. The second-order valence-corrected chi connectivity index (χ2v) is 5.69. The van der Waals surface area contributed by atoms with E-state index in [4.69, 9.17) is 9.15 Å². The highest BCUT2D eigenvalue weighted by molar-refractivity contribution is 9.10. The molecule has 0 unspecified atom stereocenters. The van der Waals surface area contributed by atoms with Crippen LogP contribution in [-0.2, 0) is 6.61 Å². The summed E-state index contributed by atoms with van der Waals surface area (Å²) < 4.78 is 11.5. The first-order chi connectivity index (χ1) is 11.0. The molecule has 116 valence electrons. The molecule has 2 aromatic carbocycles. The normalized spacial score (nSPS) is 10.7. The Balaban J connectivity index is 1.91. The summed E-state index contributed by atoms with van der Waals surface area (Å²) in [6.45, 7) is 0.102. The summed E-state index contributed by atoms with van der Waals surface area (Å²) in [4.78, 5) is 21.9. The first-order valence-electron chi connectivity index (χ1n) is 6.62. The van der Waals surface area contributed by atoms with E-state index in [1.807, 2.05) is 12.1 Å². The molecule has 0 spiro atoms. The topological polar surface area (TPSA) is 82.6 Å². The van der Waals surface area contributed by atoms with E-state index in [2.05, 4.69) is 15.9 Å². The van der Waals surface area contributed by atoms with Gasteiger partial charge in [-0.15, -0.1) is 0 Å². The van der Waals surface area contributed by atoms with Crippen molar-refractivity contribution in [1.82, 2.24) is 0 Å². The molecule has 7 heteroatoms. The van der Waals surface area contributed by atoms with Crippen LogP contribution in [0.25, 0.3) is 11.0 Å². The van der Waals surface area contributed by atoms with E-state index < -0.39 is 10.5 Å². The van der Waals surface area contributed by atoms with Gasteiger partial charge < -0.3 is 9.15 Å². The maximum absolute atomic E-state index is 11.6. The highest BCUT2D eigenvalue weighted by Crippen LogP contribution is 2.24. The number of hydrogen-bond acceptors (Lipinski definition) is 5. The van der Waals surface area contributed by atoms with Gasteiger partial charge in [-0.1, -0.05) is 22.0 Å². The molecule has 0 saturated heterocycles. The van der Waals surface area contributed by atoms with E-state index in [1.54, 1.807) is 18.2 Å². The molecule has 0 radical (unpaired) electrons. The van der Waals surface area contributed by atoms with Crippen LogP contribution in [0.1, 0.15) is 5.56 Å². The molecule has 1 heterocycles. The van der Waals surface area contributed by atoms with Crippen molar-refractivity contribution in [2.45, 2.75) is 6.61 Å². The monoisotopic (exact) mass is 375 g/mol. The summed E-state index contributed by atoms with van der Waals surface area (Å²) in [7, 11) is 0. The number of rotatable bonds is 4. The minimum atomic E-state index is -0.489. The van der Waals surface area contributed by atoms with Crippen LogP contribution < -0.4 is 10.4 Å². The highest BCUT2D eigenvalue weighted by atomic mass is 79.9. The third kappa shape index (κ3) is 3.40. The number of nitrogens with zero attached hydrogens (tertiary/aromatic N) is 1. The molecule has 0 aliphatic heterocycles. The van der Waals surface area contributed by atoms with E-state index in [-0.39, 0.29) is 12.3 Å². The molecule has 3 aromatic rings. The lowest BCUT2D eigenvalue weighted by molar-refractivity contribution is -0.384. The van der Waals surface area contributed by atoms with Crippen molar-refractivity contribution < 1.29 is 14.1 Å². The van der Waals surface area contributed by atoms with Gasteiger partial charge in [-0.25, -0.2) is 4.79 Å². The first-order valence-corrected chi connectivity index (χ1v) is 7.42. The van der Waals surface area contributed by atoms with Crippen LogP contribution in [0.15, 0.2) is 62.2 Å². The summed E-state index contributed by atoms with van der Waals surface area (Å²) in [5.41, 5.74) is 0.567. The van der Waals surface area contributed by atoms with Gasteiger partial charge in [0.2, 0.25) is 0 Å². The molecule has 0 amide bonds. The van der Waals surface area contributed by atoms with E-state index in [0.29, 0.717) is 16.9 Å². The van der Waals surface area contributed by atoms with E-state index >= 15 is 0 Å². The summed E-state index contributed by atoms with van der Waals surface area (Å²) in [5, 5.41) is 11.5. The Labute approximate surface area is 138 Å². The number of benzene rings is 2. The third-order valence-corrected chi connectivity index (χ3v) is 3.71. The minimum Gasteiger partial charge on any atom is -0.489 e. The van der Waals surface area contributed by atoms with Crippen molar-refractivity contribution >= 4 is 32.6 Å². The lowest BCUT2D eigenvalue weighted by Gasteiger charge is -2.08. The number of hydrogen-bond donors (Lipinski definition) is 0. The lowest BCUT2D eigenvalue weighted by Crippen LogP contribution is -2.04. The predicted octanol–water partition coefficient (Wildman–Crippen LogP) is 4.04. The molecule has 0 bridgehead atoms. The van der Waals surface area contributed by atoms with Crippen LogP contribution >= 0.6 is 15.9 Å². The summed E-state index contributed by atoms with van der Waals surface area (Å²) in [5.74, 6) is 0.359. The molecule has 23 heavy (non-hydrogen) atoms. The molecule has 0 aliphatic rings. The molecule has 3 rings (SSSR count). The fourth-order valence-corrected chi connectivity index (χ4v) is 2.51. The van der Waals surface area contributed by atoms with Crippen molar-refractivity contribution in [3.63, 3.8) is 0 Å². The standard InChI is InChI=1S/C16H10BrNO5/c17-11-4-5-14-10(6-16(19)23-15(14)7-11)9-22-13-3-1-2-12(8-13)18(20)21/h1-8H,9H2.